The van der Waals surface area contributed by atoms with Gasteiger partial charge in [0.2, 0.25) is 5.91 Å². The van der Waals surface area contributed by atoms with Crippen LogP contribution in [0.5, 0.6) is 0 Å². The molecule has 102 valence electrons. The fraction of sp³-hybridized carbons (Fsp3) is 0.467. The van der Waals surface area contributed by atoms with E-state index < -0.39 is 17.1 Å². The van der Waals surface area contributed by atoms with Gasteiger partial charge in [0.05, 0.1) is 0 Å². The molecule has 1 amide bonds. The van der Waals surface area contributed by atoms with Gasteiger partial charge in [-0.05, 0) is 32.8 Å². The Morgan fingerprint density at radius 2 is 1.89 bits per heavy atom. The summed E-state index contributed by atoms with van der Waals surface area (Å²) in [5, 5.41) is 2.79. The van der Waals surface area contributed by atoms with Gasteiger partial charge in [0.15, 0.2) is 5.54 Å². The van der Waals surface area contributed by atoms with E-state index in [4.69, 9.17) is 4.74 Å². The Hall–Kier alpha value is -1.84. The van der Waals surface area contributed by atoms with Gasteiger partial charge < -0.3 is 10.1 Å². The topological polar surface area (TPSA) is 55.4 Å². The van der Waals surface area contributed by atoms with Crippen molar-refractivity contribution in [3.8, 4) is 0 Å². The van der Waals surface area contributed by atoms with E-state index in [1.807, 2.05) is 51.1 Å². The van der Waals surface area contributed by atoms with Gasteiger partial charge in [0.1, 0.15) is 5.60 Å². The Morgan fingerprint density at radius 1 is 1.26 bits per heavy atom. The van der Waals surface area contributed by atoms with Crippen molar-refractivity contribution >= 4 is 11.9 Å². The van der Waals surface area contributed by atoms with Crippen LogP contribution in [0.2, 0.25) is 0 Å². The Bertz CT molecular complexity index is 490. The van der Waals surface area contributed by atoms with E-state index in [0.29, 0.717) is 12.8 Å². The van der Waals surface area contributed by atoms with Crippen molar-refractivity contribution < 1.29 is 14.3 Å². The van der Waals surface area contributed by atoms with Crippen molar-refractivity contribution in [1.29, 1.82) is 0 Å². The van der Waals surface area contributed by atoms with E-state index in [9.17, 15) is 9.59 Å². The largest absolute Gasteiger partial charge is 0.458 e. The zero-order valence-corrected chi connectivity index (χ0v) is 11.5. The van der Waals surface area contributed by atoms with Gasteiger partial charge in [-0.15, -0.1) is 0 Å². The second-order valence-electron chi connectivity index (χ2n) is 5.82. The van der Waals surface area contributed by atoms with Gasteiger partial charge in [-0.1, -0.05) is 30.3 Å². The van der Waals surface area contributed by atoms with Crippen LogP contribution in [0.1, 0.15) is 39.2 Å². The summed E-state index contributed by atoms with van der Waals surface area (Å²) in [5.74, 6) is -0.508. The molecule has 0 bridgehead atoms. The number of carbonyl (C=O) groups is 2. The molecule has 1 fully saturated rings. The average Bonchev–Trinajstić information content (AvgIpc) is 2.72. The maximum absolute atomic E-state index is 12.5. The number of esters is 1. The highest BCUT2D eigenvalue weighted by Crippen LogP contribution is 2.34. The Labute approximate surface area is 113 Å². The van der Waals surface area contributed by atoms with Crippen LogP contribution in [0.25, 0.3) is 0 Å². The molecule has 1 heterocycles. The molecule has 0 aromatic heterocycles. The molecule has 1 aliphatic heterocycles. The fourth-order valence-corrected chi connectivity index (χ4v) is 2.24. The zero-order valence-electron chi connectivity index (χ0n) is 11.5. The van der Waals surface area contributed by atoms with Crippen molar-refractivity contribution in [2.24, 2.45) is 0 Å². The molecule has 0 radical (unpaired) electrons. The van der Waals surface area contributed by atoms with Crippen LogP contribution >= 0.6 is 0 Å². The average molecular weight is 261 g/mol. The molecule has 4 nitrogen and oxygen atoms in total. The molecular weight excluding hydrogens is 242 g/mol. The normalized spacial score (nSPS) is 23.0. The molecular formula is C15H19NO3. The maximum atomic E-state index is 12.5. The quantitative estimate of drug-likeness (QED) is 0.830. The molecule has 0 aliphatic carbocycles. The lowest BCUT2D eigenvalue weighted by Crippen LogP contribution is -2.49. The summed E-state index contributed by atoms with van der Waals surface area (Å²) in [6, 6.07) is 9.27. The SMILES string of the molecule is CC(C)(C)OC(=O)[C@]1(c2ccccc2)CCC(=O)N1. The van der Waals surface area contributed by atoms with Crippen LogP contribution < -0.4 is 5.32 Å². The van der Waals surface area contributed by atoms with Crippen LogP contribution in [-0.2, 0) is 19.9 Å². The van der Waals surface area contributed by atoms with Crippen LogP contribution in [0.3, 0.4) is 0 Å². The minimum absolute atomic E-state index is 0.116. The predicted octanol–water partition coefficient (Wildman–Crippen LogP) is 2.13. The lowest BCUT2D eigenvalue weighted by atomic mass is 9.88. The molecule has 1 atom stereocenters. The first-order valence-electron chi connectivity index (χ1n) is 6.43. The Kier molecular flexibility index (Phi) is 3.35. The molecule has 4 heteroatoms. The molecule has 1 saturated heterocycles. The second-order valence-corrected chi connectivity index (χ2v) is 5.82. The first kappa shape index (κ1) is 13.6. The Balaban J connectivity index is 2.37. The lowest BCUT2D eigenvalue weighted by Gasteiger charge is -2.31. The van der Waals surface area contributed by atoms with Gasteiger partial charge in [-0.25, -0.2) is 4.79 Å². The molecule has 1 aliphatic rings. The number of nitrogens with one attached hydrogen (secondary N) is 1. The summed E-state index contributed by atoms with van der Waals surface area (Å²) < 4.78 is 5.47. The maximum Gasteiger partial charge on any atom is 0.337 e. The highest BCUT2D eigenvalue weighted by Gasteiger charge is 2.48. The predicted molar refractivity (Wildman–Crippen MR) is 71.3 cm³/mol. The third-order valence-electron chi connectivity index (χ3n) is 3.09. The van der Waals surface area contributed by atoms with E-state index in [-0.39, 0.29) is 5.91 Å². The van der Waals surface area contributed by atoms with Crippen LogP contribution in [0, 0.1) is 0 Å². The number of carbonyl (C=O) groups excluding carboxylic acids is 2. The van der Waals surface area contributed by atoms with E-state index in [2.05, 4.69) is 5.32 Å². The number of rotatable bonds is 2. The van der Waals surface area contributed by atoms with E-state index in [0.717, 1.165) is 5.56 Å². The molecule has 1 aromatic carbocycles. The summed E-state index contributed by atoms with van der Waals surface area (Å²) in [6.45, 7) is 5.46. The van der Waals surface area contributed by atoms with E-state index in [1.165, 1.54) is 0 Å². The van der Waals surface area contributed by atoms with E-state index in [1.54, 1.807) is 0 Å². The summed E-state index contributed by atoms with van der Waals surface area (Å²) >= 11 is 0. The van der Waals surface area contributed by atoms with Gasteiger partial charge in [-0.3, -0.25) is 4.79 Å². The third kappa shape index (κ3) is 2.78. The lowest BCUT2D eigenvalue weighted by molar-refractivity contribution is -0.163. The van der Waals surface area contributed by atoms with Gasteiger partial charge >= 0.3 is 5.97 Å². The minimum atomic E-state index is -1.04. The van der Waals surface area contributed by atoms with Gasteiger partial charge in [-0.2, -0.15) is 0 Å². The fourth-order valence-electron chi connectivity index (χ4n) is 2.24. The Morgan fingerprint density at radius 3 is 2.37 bits per heavy atom. The van der Waals surface area contributed by atoms with Crippen molar-refractivity contribution in [3.05, 3.63) is 35.9 Å². The molecule has 1 N–H and O–H groups in total. The number of hydrogen-bond acceptors (Lipinski definition) is 3. The zero-order chi connectivity index (χ0) is 14.1. The molecule has 0 saturated carbocycles. The van der Waals surface area contributed by atoms with Crippen LogP contribution in [-0.4, -0.2) is 17.5 Å². The van der Waals surface area contributed by atoms with E-state index >= 15 is 0 Å². The number of benzene rings is 1. The van der Waals surface area contributed by atoms with Crippen molar-refractivity contribution in [1.82, 2.24) is 5.32 Å². The van der Waals surface area contributed by atoms with Gasteiger partial charge in [0, 0.05) is 6.42 Å². The molecule has 0 unspecified atom stereocenters. The summed E-state index contributed by atoms with van der Waals surface area (Å²) in [6.07, 6.45) is 0.777. The highest BCUT2D eigenvalue weighted by atomic mass is 16.6. The first-order valence-corrected chi connectivity index (χ1v) is 6.43. The van der Waals surface area contributed by atoms with Crippen molar-refractivity contribution in [2.45, 2.75) is 44.8 Å². The van der Waals surface area contributed by atoms with Crippen molar-refractivity contribution in [3.63, 3.8) is 0 Å². The molecule has 0 spiro atoms. The number of ether oxygens (including phenoxy) is 1. The summed E-state index contributed by atoms with van der Waals surface area (Å²) in [7, 11) is 0. The summed E-state index contributed by atoms with van der Waals surface area (Å²) in [4.78, 5) is 24.1. The molecule has 2 rings (SSSR count). The number of hydrogen-bond donors (Lipinski definition) is 1. The standard InChI is InChI=1S/C15H19NO3/c1-14(2,3)19-13(18)15(10-9-12(17)16-15)11-7-5-4-6-8-11/h4-8H,9-10H2,1-3H3,(H,16,17)/t15-/m1/s1. The first-order chi connectivity index (χ1) is 8.83. The highest BCUT2D eigenvalue weighted by molar-refractivity contribution is 5.93. The molecule has 1 aromatic rings. The smallest absolute Gasteiger partial charge is 0.337 e. The minimum Gasteiger partial charge on any atom is -0.458 e. The second kappa shape index (κ2) is 4.68. The monoisotopic (exact) mass is 261 g/mol. The summed E-state index contributed by atoms with van der Waals surface area (Å²) in [5.41, 5.74) is -0.840. The number of amides is 1. The van der Waals surface area contributed by atoms with Crippen LogP contribution in [0.15, 0.2) is 30.3 Å². The molecule has 19 heavy (non-hydrogen) atoms. The van der Waals surface area contributed by atoms with Gasteiger partial charge in [0.25, 0.3) is 0 Å². The third-order valence-corrected chi connectivity index (χ3v) is 3.09. The van der Waals surface area contributed by atoms with Crippen molar-refractivity contribution in [2.75, 3.05) is 0 Å². The van der Waals surface area contributed by atoms with Crippen LogP contribution in [0.4, 0.5) is 0 Å².